The molecule has 16 heteroatoms. The first kappa shape index (κ1) is 53.6. The summed E-state index contributed by atoms with van der Waals surface area (Å²) in [5.74, 6) is -3.93. The Balaban J connectivity index is 1.83. The lowest BCUT2D eigenvalue weighted by molar-refractivity contribution is -0.318. The van der Waals surface area contributed by atoms with Crippen molar-refractivity contribution in [2.75, 3.05) is 27.8 Å². The molecule has 18 atom stereocenters. The summed E-state index contributed by atoms with van der Waals surface area (Å²) < 4.78 is 44.1. The molecular formula is C47H84N2O14. The van der Waals surface area contributed by atoms with Gasteiger partial charge in [-0.1, -0.05) is 65.0 Å². The molecule has 3 aliphatic heterocycles. The van der Waals surface area contributed by atoms with Crippen LogP contribution in [0.1, 0.15) is 140 Å². The molecule has 0 radical (unpaired) electrons. The van der Waals surface area contributed by atoms with Gasteiger partial charge in [0, 0.05) is 44.2 Å². The van der Waals surface area contributed by atoms with Crippen LogP contribution in [0.25, 0.3) is 0 Å². The molecule has 63 heavy (non-hydrogen) atoms. The van der Waals surface area contributed by atoms with E-state index in [-0.39, 0.29) is 31.4 Å². The predicted molar refractivity (Wildman–Crippen MR) is 235 cm³/mol. The zero-order valence-corrected chi connectivity index (χ0v) is 40.8. The van der Waals surface area contributed by atoms with Gasteiger partial charge in [0.25, 0.3) is 0 Å². The first-order chi connectivity index (χ1) is 29.4. The lowest BCUT2D eigenvalue weighted by Gasteiger charge is -2.49. The normalized spacial score (nSPS) is 44.8. The quantitative estimate of drug-likeness (QED) is 0.114. The molecule has 16 nitrogen and oxygen atoms in total. The Hall–Kier alpha value is -1.99. The van der Waals surface area contributed by atoms with Crippen molar-refractivity contribution >= 4 is 17.7 Å². The van der Waals surface area contributed by atoms with Crippen LogP contribution in [0.5, 0.6) is 0 Å². The fourth-order valence-corrected chi connectivity index (χ4v) is 10.8. The third kappa shape index (κ3) is 13.1. The number of esters is 2. The summed E-state index contributed by atoms with van der Waals surface area (Å²) in [6, 6.07) is -0.322. The average molecular weight is 901 g/mol. The van der Waals surface area contributed by atoms with E-state index in [1.165, 1.54) is 40.2 Å². The molecule has 0 amide bonds. The third-order valence-corrected chi connectivity index (χ3v) is 14.6. The number of carbonyl (C=O) groups excluding carboxylic acids is 2. The van der Waals surface area contributed by atoms with Gasteiger partial charge in [0.1, 0.15) is 30.0 Å². The maximum Gasteiger partial charge on any atom is 0.311 e. The first-order valence-electron chi connectivity index (χ1n) is 23.6. The fourth-order valence-electron chi connectivity index (χ4n) is 10.8. The molecule has 3 saturated heterocycles. The average Bonchev–Trinajstić information content (AvgIpc) is 3.21. The lowest BCUT2D eigenvalue weighted by Crippen LogP contribution is -2.61. The van der Waals surface area contributed by atoms with E-state index in [0.717, 1.165) is 19.3 Å². The van der Waals surface area contributed by atoms with Crippen molar-refractivity contribution in [2.24, 2.45) is 34.7 Å². The highest BCUT2D eigenvalue weighted by molar-refractivity contribution is 5.88. The van der Waals surface area contributed by atoms with Crippen molar-refractivity contribution in [3.8, 4) is 0 Å². The Morgan fingerprint density at radius 3 is 2.16 bits per heavy atom. The Morgan fingerprint density at radius 1 is 0.921 bits per heavy atom. The number of methoxy groups -OCH3 is 1. The van der Waals surface area contributed by atoms with Crippen molar-refractivity contribution in [3.63, 3.8) is 0 Å². The number of hydrogen-bond donors (Lipinski definition) is 4. The molecule has 0 spiro atoms. The van der Waals surface area contributed by atoms with Gasteiger partial charge in [-0.3, -0.25) is 9.59 Å². The molecule has 0 aromatic rings. The smallest absolute Gasteiger partial charge is 0.311 e. The number of cyclic esters (lactones) is 1. The zero-order valence-electron chi connectivity index (χ0n) is 40.8. The Bertz CT molecular complexity index is 1490. The molecule has 1 aliphatic carbocycles. The van der Waals surface area contributed by atoms with Crippen LogP contribution in [-0.2, 0) is 47.6 Å². The molecule has 0 bridgehead atoms. The van der Waals surface area contributed by atoms with E-state index in [9.17, 15) is 30.0 Å². The summed E-state index contributed by atoms with van der Waals surface area (Å²) in [5.41, 5.74) is -4.31. The number of ether oxygens (including phenoxy) is 7. The largest absolute Gasteiger partial charge is 0.459 e. The van der Waals surface area contributed by atoms with Crippen molar-refractivity contribution in [3.05, 3.63) is 0 Å². The molecule has 4 N–H and O–H groups in total. The van der Waals surface area contributed by atoms with Crippen molar-refractivity contribution in [1.82, 2.24) is 4.90 Å². The summed E-state index contributed by atoms with van der Waals surface area (Å²) in [4.78, 5) is 34.6. The molecule has 3 heterocycles. The number of hydrogen-bond acceptors (Lipinski definition) is 16. The van der Waals surface area contributed by atoms with Gasteiger partial charge in [0.15, 0.2) is 18.7 Å². The van der Waals surface area contributed by atoms with Gasteiger partial charge in [0.2, 0.25) is 0 Å². The molecule has 4 fully saturated rings. The van der Waals surface area contributed by atoms with Crippen LogP contribution in [0.3, 0.4) is 0 Å². The lowest BCUT2D eigenvalue weighted by atomic mass is 9.73. The van der Waals surface area contributed by atoms with Crippen molar-refractivity contribution < 1.29 is 68.0 Å². The monoisotopic (exact) mass is 901 g/mol. The number of oxime groups is 1. The second-order valence-corrected chi connectivity index (χ2v) is 20.3. The van der Waals surface area contributed by atoms with E-state index in [4.69, 9.17) is 38.0 Å². The summed E-state index contributed by atoms with van der Waals surface area (Å²) in [7, 11) is 5.27. The molecule has 4 aliphatic rings. The molecule has 1 unspecified atom stereocenters. The maximum atomic E-state index is 14.5. The molecule has 0 aromatic heterocycles. The minimum absolute atomic E-state index is 0.0209. The highest BCUT2D eigenvalue weighted by Gasteiger charge is 2.54. The van der Waals surface area contributed by atoms with Crippen LogP contribution in [0.4, 0.5) is 0 Å². The minimum atomic E-state index is -1.94. The number of carbonyl (C=O) groups is 2. The molecule has 366 valence electrons. The summed E-state index contributed by atoms with van der Waals surface area (Å²) in [6.07, 6.45) is -2.31. The van der Waals surface area contributed by atoms with E-state index < -0.39 is 108 Å². The number of aliphatic hydroxyl groups excluding tert-OH is 2. The van der Waals surface area contributed by atoms with Crippen LogP contribution >= 0.6 is 0 Å². The van der Waals surface area contributed by atoms with E-state index in [0.29, 0.717) is 24.7 Å². The third-order valence-electron chi connectivity index (χ3n) is 14.6. The van der Waals surface area contributed by atoms with Crippen LogP contribution in [0, 0.1) is 29.6 Å². The highest BCUT2D eigenvalue weighted by atomic mass is 16.7. The number of likely N-dealkylation sites (N-methyl/N-ethyl adjacent to an activating group) is 1. The first-order valence-corrected chi connectivity index (χ1v) is 23.6. The molecular weight excluding hydrogens is 817 g/mol. The van der Waals surface area contributed by atoms with Crippen molar-refractivity contribution in [1.29, 1.82) is 0 Å². The second-order valence-electron chi connectivity index (χ2n) is 20.3. The van der Waals surface area contributed by atoms with Crippen molar-refractivity contribution in [2.45, 2.75) is 225 Å². The SMILES string of the molecule is CC[C@H]1OC(=O)[C@H](C)[C@@H](O[C@H]2C[C@@](C)(OC)[C@@H](OC(C)=O)[C@H](C)O2)[C@H](C)[C@@H](O[C@@H]2O[C@H](C)C[C@H](N(C)C)[C@H]2O)C(C)(O)C[C@@H](C)/C(=N\OCCC2CCCCC2)[C@H](C)[C@@H](O)[C@]1(C)O. The minimum Gasteiger partial charge on any atom is -0.459 e. The number of aliphatic hydroxyl groups is 4. The standard InChI is InChI=1S/C47H84N2O14/c1-15-35-47(11,55)40(52)28(4)37(48-57-22-21-33-19-17-16-18-20-33)26(2)24-45(9,54)41(63-44-38(51)34(49(12)13)23-27(3)58-44)29(5)39(30(6)43(53)61-35)62-36-25-46(10,56-14)42(31(7)59-36)60-32(8)50/h26-31,33-36,38-42,44,51-52,54-55H,15-25H2,1-14H3/b48-37+/t26-,27-,28+,29+,30-,31+,34+,35-,36+,38-,39+,40-,41-,42+,44+,45?,46-,47-/m1/s1. The maximum absolute atomic E-state index is 14.5. The summed E-state index contributed by atoms with van der Waals surface area (Å²) in [5, 5.41) is 53.5. The van der Waals surface area contributed by atoms with Crippen LogP contribution < -0.4 is 0 Å². The molecule has 0 aromatic carbocycles. The number of rotatable bonds is 12. The van der Waals surface area contributed by atoms with E-state index in [2.05, 4.69) is 5.16 Å². The Kier molecular flexibility index (Phi) is 19.3. The van der Waals surface area contributed by atoms with Gasteiger partial charge < -0.3 is 63.3 Å². The zero-order chi connectivity index (χ0) is 47.2. The van der Waals surface area contributed by atoms with E-state index in [1.54, 1.807) is 48.5 Å². The van der Waals surface area contributed by atoms with Crippen LogP contribution in [0.2, 0.25) is 0 Å². The van der Waals surface area contributed by atoms with Crippen LogP contribution in [0.15, 0.2) is 5.16 Å². The number of nitrogens with zero attached hydrogens (tertiary/aromatic N) is 2. The van der Waals surface area contributed by atoms with Gasteiger partial charge >= 0.3 is 11.9 Å². The van der Waals surface area contributed by atoms with Gasteiger partial charge in [0.05, 0.1) is 47.8 Å². The second kappa shape index (κ2) is 22.7. The summed E-state index contributed by atoms with van der Waals surface area (Å²) >= 11 is 0. The van der Waals surface area contributed by atoms with Gasteiger partial charge in [-0.2, -0.15) is 0 Å². The van der Waals surface area contributed by atoms with E-state index in [1.807, 2.05) is 32.8 Å². The van der Waals surface area contributed by atoms with E-state index >= 15 is 0 Å². The van der Waals surface area contributed by atoms with Gasteiger partial charge in [-0.25, -0.2) is 0 Å². The highest BCUT2D eigenvalue weighted by Crippen LogP contribution is 2.41. The molecule has 4 rings (SSSR count). The molecule has 1 saturated carbocycles. The Labute approximate surface area is 377 Å². The van der Waals surface area contributed by atoms with Gasteiger partial charge in [-0.05, 0) is 87.2 Å². The predicted octanol–water partition coefficient (Wildman–Crippen LogP) is 5.13. The fraction of sp³-hybridized carbons (Fsp3) is 0.936. The van der Waals surface area contributed by atoms with Gasteiger partial charge in [-0.15, -0.1) is 0 Å². The summed E-state index contributed by atoms with van der Waals surface area (Å²) in [6.45, 7) is 19.1. The topological polar surface area (TPSA) is 204 Å². The Morgan fingerprint density at radius 2 is 1.57 bits per heavy atom. The van der Waals surface area contributed by atoms with Crippen LogP contribution in [-0.4, -0.2) is 155 Å².